The van der Waals surface area contributed by atoms with Crippen LogP contribution in [-0.4, -0.2) is 40.0 Å². The molecule has 0 aliphatic carbocycles. The first kappa shape index (κ1) is 16.3. The third-order valence-corrected chi connectivity index (χ3v) is 5.58. The molecule has 25 heavy (non-hydrogen) atoms. The number of thiazole rings is 1. The zero-order valence-corrected chi connectivity index (χ0v) is 15.4. The lowest BCUT2D eigenvalue weighted by Gasteiger charge is -2.41. The second-order valence-corrected chi connectivity index (χ2v) is 7.63. The summed E-state index contributed by atoms with van der Waals surface area (Å²) in [5.41, 5.74) is 3.45. The van der Waals surface area contributed by atoms with Gasteiger partial charge in [0.1, 0.15) is 0 Å². The van der Waals surface area contributed by atoms with Gasteiger partial charge in [-0.05, 0) is 26.0 Å². The fraction of sp³-hybridized carbons (Fsp3) is 0.368. The van der Waals surface area contributed by atoms with Crippen LogP contribution in [0.3, 0.4) is 0 Å². The van der Waals surface area contributed by atoms with Crippen LogP contribution in [0, 0.1) is 6.92 Å². The first-order valence-electron chi connectivity index (χ1n) is 8.61. The molecule has 130 valence electrons. The SMILES string of the molecule is Cc1ccc(N2CCN(Cc3cc(=O)n4ccsc4n3)CC2C)cc1. The number of aryl methyl sites for hydroxylation is 1. The minimum atomic E-state index is 0.00703. The van der Waals surface area contributed by atoms with Crippen molar-refractivity contribution in [3.63, 3.8) is 0 Å². The van der Waals surface area contributed by atoms with Crippen molar-refractivity contribution in [3.8, 4) is 0 Å². The number of nitrogens with zero attached hydrogens (tertiary/aromatic N) is 4. The molecule has 0 saturated carbocycles. The lowest BCUT2D eigenvalue weighted by Crippen LogP contribution is -2.51. The van der Waals surface area contributed by atoms with Crippen molar-refractivity contribution in [2.24, 2.45) is 0 Å². The molecular weight excluding hydrogens is 332 g/mol. The van der Waals surface area contributed by atoms with Crippen molar-refractivity contribution >= 4 is 22.0 Å². The number of hydrogen-bond donors (Lipinski definition) is 0. The number of aromatic nitrogens is 2. The van der Waals surface area contributed by atoms with E-state index in [2.05, 4.69) is 52.9 Å². The van der Waals surface area contributed by atoms with Crippen LogP contribution in [0.5, 0.6) is 0 Å². The lowest BCUT2D eigenvalue weighted by atomic mass is 10.1. The van der Waals surface area contributed by atoms with E-state index in [-0.39, 0.29) is 5.56 Å². The van der Waals surface area contributed by atoms with Crippen LogP contribution in [-0.2, 0) is 6.54 Å². The molecular formula is C19H22N4OS. The Morgan fingerprint density at radius 3 is 2.80 bits per heavy atom. The summed E-state index contributed by atoms with van der Waals surface area (Å²) in [5, 5.41) is 1.90. The molecule has 1 aromatic carbocycles. The Bertz CT molecular complexity index is 930. The van der Waals surface area contributed by atoms with Gasteiger partial charge in [-0.1, -0.05) is 17.7 Å². The Balaban J connectivity index is 1.46. The van der Waals surface area contributed by atoms with E-state index in [1.807, 2.05) is 5.38 Å². The highest BCUT2D eigenvalue weighted by Crippen LogP contribution is 2.21. The van der Waals surface area contributed by atoms with Crippen LogP contribution in [0.2, 0.25) is 0 Å². The molecule has 0 N–H and O–H groups in total. The van der Waals surface area contributed by atoms with E-state index >= 15 is 0 Å². The minimum absolute atomic E-state index is 0.00703. The molecule has 0 spiro atoms. The van der Waals surface area contributed by atoms with Crippen molar-refractivity contribution < 1.29 is 0 Å². The third-order valence-electron chi connectivity index (χ3n) is 4.82. The molecule has 6 heteroatoms. The summed E-state index contributed by atoms with van der Waals surface area (Å²) in [6.07, 6.45) is 1.78. The van der Waals surface area contributed by atoms with Crippen LogP contribution < -0.4 is 10.5 Å². The molecule has 0 radical (unpaired) electrons. The molecule has 1 aliphatic heterocycles. The van der Waals surface area contributed by atoms with Crippen molar-refractivity contribution in [3.05, 3.63) is 63.5 Å². The first-order valence-corrected chi connectivity index (χ1v) is 9.49. The van der Waals surface area contributed by atoms with Gasteiger partial charge in [-0.25, -0.2) is 4.98 Å². The number of benzene rings is 1. The van der Waals surface area contributed by atoms with Crippen LogP contribution in [0.1, 0.15) is 18.2 Å². The number of anilines is 1. The van der Waals surface area contributed by atoms with Gasteiger partial charge in [0.05, 0.1) is 5.69 Å². The van der Waals surface area contributed by atoms with Crippen LogP contribution in [0.15, 0.2) is 46.7 Å². The number of fused-ring (bicyclic) bond motifs is 1. The standard InChI is InChI=1S/C19H22N4OS/c1-14-3-5-17(6-4-14)22-8-7-21(12-15(22)2)13-16-11-18(24)23-9-10-25-19(23)20-16/h3-6,9-11,15H,7-8,12-13H2,1-2H3. The molecule has 4 rings (SSSR count). The summed E-state index contributed by atoms with van der Waals surface area (Å²) in [6.45, 7) is 8.05. The maximum atomic E-state index is 12.1. The highest BCUT2D eigenvalue weighted by molar-refractivity contribution is 7.15. The topological polar surface area (TPSA) is 40.9 Å². The summed E-state index contributed by atoms with van der Waals surface area (Å²) >= 11 is 1.50. The summed E-state index contributed by atoms with van der Waals surface area (Å²) in [5.74, 6) is 0. The molecule has 0 amide bonds. The Kier molecular flexibility index (Phi) is 4.31. The van der Waals surface area contributed by atoms with Crippen molar-refractivity contribution in [1.82, 2.24) is 14.3 Å². The predicted octanol–water partition coefficient (Wildman–Crippen LogP) is 2.78. The molecule has 3 aromatic rings. The normalized spacial score (nSPS) is 18.8. The third kappa shape index (κ3) is 3.32. The number of hydrogen-bond acceptors (Lipinski definition) is 5. The van der Waals surface area contributed by atoms with Crippen molar-refractivity contribution in [1.29, 1.82) is 0 Å². The van der Waals surface area contributed by atoms with Crippen LogP contribution in [0.25, 0.3) is 4.96 Å². The molecule has 1 saturated heterocycles. The van der Waals surface area contributed by atoms with Gasteiger partial charge in [-0.2, -0.15) is 0 Å². The summed E-state index contributed by atoms with van der Waals surface area (Å²) < 4.78 is 1.60. The molecule has 0 bridgehead atoms. The van der Waals surface area contributed by atoms with Crippen molar-refractivity contribution in [2.45, 2.75) is 26.4 Å². The fourth-order valence-corrected chi connectivity index (χ4v) is 4.23. The fourth-order valence-electron chi connectivity index (χ4n) is 3.49. The van der Waals surface area contributed by atoms with Crippen LogP contribution >= 0.6 is 11.3 Å². The second-order valence-electron chi connectivity index (χ2n) is 6.75. The highest BCUT2D eigenvalue weighted by Gasteiger charge is 2.24. The van der Waals surface area contributed by atoms with E-state index in [4.69, 9.17) is 0 Å². The monoisotopic (exact) mass is 354 g/mol. The Hall–Kier alpha value is -2.18. The smallest absolute Gasteiger partial charge is 0.258 e. The predicted molar refractivity (Wildman–Crippen MR) is 103 cm³/mol. The molecule has 1 aliphatic rings. The molecule has 1 unspecified atom stereocenters. The molecule has 2 aromatic heterocycles. The summed E-state index contributed by atoms with van der Waals surface area (Å²) in [7, 11) is 0. The highest BCUT2D eigenvalue weighted by atomic mass is 32.1. The maximum Gasteiger partial charge on any atom is 0.258 e. The van der Waals surface area contributed by atoms with Gasteiger partial charge in [-0.15, -0.1) is 11.3 Å². The van der Waals surface area contributed by atoms with Gasteiger partial charge >= 0.3 is 0 Å². The van der Waals surface area contributed by atoms with E-state index in [9.17, 15) is 4.79 Å². The largest absolute Gasteiger partial charge is 0.366 e. The Morgan fingerprint density at radius 1 is 1.24 bits per heavy atom. The van der Waals surface area contributed by atoms with E-state index in [0.29, 0.717) is 6.04 Å². The summed E-state index contributed by atoms with van der Waals surface area (Å²) in [6, 6.07) is 10.8. The van der Waals surface area contributed by atoms with E-state index in [1.165, 1.54) is 22.6 Å². The van der Waals surface area contributed by atoms with Gasteiger partial charge in [0.25, 0.3) is 5.56 Å². The molecule has 1 atom stereocenters. The molecule has 1 fully saturated rings. The number of piperazine rings is 1. The molecule has 5 nitrogen and oxygen atoms in total. The van der Waals surface area contributed by atoms with E-state index in [1.54, 1.807) is 16.7 Å². The maximum absolute atomic E-state index is 12.1. The second kappa shape index (κ2) is 6.61. The van der Waals surface area contributed by atoms with Gasteiger partial charge < -0.3 is 4.90 Å². The van der Waals surface area contributed by atoms with Gasteiger partial charge in [0, 0.05) is 55.6 Å². The quantitative estimate of drug-likeness (QED) is 0.725. The first-order chi connectivity index (χ1) is 12.1. The average Bonchev–Trinajstić information content (AvgIpc) is 3.05. The number of rotatable bonds is 3. The minimum Gasteiger partial charge on any atom is -0.366 e. The molecule has 3 heterocycles. The van der Waals surface area contributed by atoms with Gasteiger partial charge in [0.15, 0.2) is 4.96 Å². The zero-order chi connectivity index (χ0) is 17.4. The van der Waals surface area contributed by atoms with E-state index < -0.39 is 0 Å². The Labute approximate surface area is 151 Å². The van der Waals surface area contributed by atoms with E-state index in [0.717, 1.165) is 36.8 Å². The van der Waals surface area contributed by atoms with Gasteiger partial charge in [0.2, 0.25) is 0 Å². The zero-order valence-electron chi connectivity index (χ0n) is 14.6. The summed E-state index contributed by atoms with van der Waals surface area (Å²) in [4.78, 5) is 22.4. The van der Waals surface area contributed by atoms with Crippen LogP contribution in [0.4, 0.5) is 5.69 Å². The van der Waals surface area contributed by atoms with Crippen molar-refractivity contribution in [2.75, 3.05) is 24.5 Å². The Morgan fingerprint density at radius 2 is 2.04 bits per heavy atom. The van der Waals surface area contributed by atoms with Gasteiger partial charge in [-0.3, -0.25) is 14.1 Å². The average molecular weight is 354 g/mol. The lowest BCUT2D eigenvalue weighted by molar-refractivity contribution is 0.218.